The van der Waals surface area contributed by atoms with Crippen LogP contribution in [0.5, 0.6) is 0 Å². The summed E-state index contributed by atoms with van der Waals surface area (Å²) in [6, 6.07) is -0.0747. The molecule has 1 rings (SSSR count). The molecular weight excluding hydrogens is 302 g/mol. The number of hydrogen-bond donors (Lipinski definition) is 1. The lowest BCUT2D eigenvalue weighted by atomic mass is 10.1. The molecule has 0 spiro atoms. The van der Waals surface area contributed by atoms with Crippen molar-refractivity contribution in [2.45, 2.75) is 52.6 Å². The molecule has 1 heterocycles. The molecule has 0 aromatic rings. The molecule has 1 aliphatic heterocycles. The zero-order valence-corrected chi connectivity index (χ0v) is 15.6. The molecule has 0 aromatic heterocycles. The molecular formula is C11H25ClN4OP2. The van der Waals surface area contributed by atoms with Gasteiger partial charge in [0.05, 0.1) is 0 Å². The third-order valence-electron chi connectivity index (χ3n) is 2.63. The minimum absolute atomic E-state index is 0.0524. The van der Waals surface area contributed by atoms with Crippen LogP contribution in [-0.4, -0.2) is 44.8 Å². The number of halogens is 1. The van der Waals surface area contributed by atoms with E-state index in [0.29, 0.717) is 0 Å². The maximum atomic E-state index is 11.9. The minimum atomic E-state index is -0.876. The van der Waals surface area contributed by atoms with E-state index in [4.69, 9.17) is 11.2 Å². The van der Waals surface area contributed by atoms with Crippen molar-refractivity contribution in [3.63, 3.8) is 0 Å². The van der Waals surface area contributed by atoms with Crippen LogP contribution in [0, 0.1) is 0 Å². The summed E-state index contributed by atoms with van der Waals surface area (Å²) in [6.45, 7) is 12.8. The molecule has 0 aliphatic carbocycles. The Morgan fingerprint density at radius 2 is 1.47 bits per heavy atom. The second-order valence-corrected chi connectivity index (χ2v) is 11.3. The van der Waals surface area contributed by atoms with Gasteiger partial charge < -0.3 is 5.32 Å². The maximum absolute atomic E-state index is 11.9. The molecule has 0 saturated carbocycles. The van der Waals surface area contributed by atoms with E-state index in [1.165, 1.54) is 0 Å². The van der Waals surface area contributed by atoms with E-state index in [-0.39, 0.29) is 17.1 Å². The Hall–Kier alpha value is 0.340. The van der Waals surface area contributed by atoms with Crippen LogP contribution in [0.2, 0.25) is 0 Å². The first kappa shape index (κ1) is 17.4. The quantitative estimate of drug-likeness (QED) is 0.735. The summed E-state index contributed by atoms with van der Waals surface area (Å²) >= 11 is 6.61. The minimum Gasteiger partial charge on any atom is -0.341 e. The van der Waals surface area contributed by atoms with Crippen molar-refractivity contribution in [3.05, 3.63) is 0 Å². The van der Waals surface area contributed by atoms with Crippen LogP contribution in [-0.2, 0) is 0 Å². The Balaban J connectivity index is 3.07. The molecule has 2 amide bonds. The predicted octanol–water partition coefficient (Wildman–Crippen LogP) is 4.16. The number of amides is 2. The molecule has 112 valence electrons. The highest BCUT2D eigenvalue weighted by Gasteiger charge is 2.58. The van der Waals surface area contributed by atoms with Gasteiger partial charge in [0.25, 0.3) is 0 Å². The molecule has 1 aliphatic rings. The molecule has 0 atom stereocenters. The molecule has 0 radical (unpaired) electrons. The molecule has 8 heteroatoms. The molecule has 0 unspecified atom stereocenters. The molecule has 1 saturated heterocycles. The van der Waals surface area contributed by atoms with Gasteiger partial charge in [-0.25, -0.2) is 4.79 Å². The van der Waals surface area contributed by atoms with Gasteiger partial charge in [-0.1, -0.05) is 11.2 Å². The fourth-order valence-corrected chi connectivity index (χ4v) is 9.61. The predicted molar refractivity (Wildman–Crippen MR) is 85.1 cm³/mol. The Morgan fingerprint density at radius 1 is 1.11 bits per heavy atom. The van der Waals surface area contributed by atoms with E-state index in [0.717, 1.165) is 0 Å². The highest BCUT2D eigenvalue weighted by Crippen LogP contribution is 2.83. The fourth-order valence-electron chi connectivity index (χ4n) is 1.79. The summed E-state index contributed by atoms with van der Waals surface area (Å²) in [5.74, 6) is 0. The Morgan fingerprint density at radius 3 is 1.74 bits per heavy atom. The number of carbonyl (C=O) groups excluding carboxylic acids is 1. The normalized spacial score (nSPS) is 25.9. The van der Waals surface area contributed by atoms with Crippen molar-refractivity contribution in [1.82, 2.24) is 18.9 Å². The number of nitrogens with one attached hydrogen (secondary N) is 1. The van der Waals surface area contributed by atoms with Crippen LogP contribution in [0.25, 0.3) is 0 Å². The van der Waals surface area contributed by atoms with Crippen LogP contribution in [0.4, 0.5) is 4.79 Å². The first-order valence-electron chi connectivity index (χ1n) is 6.24. The van der Waals surface area contributed by atoms with E-state index in [1.807, 2.05) is 7.05 Å². The first-order chi connectivity index (χ1) is 8.42. The highest BCUT2D eigenvalue weighted by molar-refractivity contribution is 7.96. The van der Waals surface area contributed by atoms with E-state index in [2.05, 4.69) is 55.7 Å². The Labute approximate surface area is 124 Å². The molecule has 5 nitrogen and oxygen atoms in total. The van der Waals surface area contributed by atoms with Gasteiger partial charge in [-0.15, -0.1) is 0 Å². The summed E-state index contributed by atoms with van der Waals surface area (Å²) < 4.78 is 6.30. The lowest BCUT2D eigenvalue weighted by Gasteiger charge is -2.63. The van der Waals surface area contributed by atoms with E-state index < -0.39 is 15.9 Å². The van der Waals surface area contributed by atoms with E-state index in [1.54, 1.807) is 11.7 Å². The third-order valence-corrected chi connectivity index (χ3v) is 10.6. The van der Waals surface area contributed by atoms with Crippen LogP contribution < -0.4 is 5.32 Å². The number of urea groups is 1. The van der Waals surface area contributed by atoms with Crippen molar-refractivity contribution >= 4 is 33.2 Å². The zero-order valence-electron chi connectivity index (χ0n) is 13.0. The van der Waals surface area contributed by atoms with Crippen molar-refractivity contribution in [3.8, 4) is 0 Å². The van der Waals surface area contributed by atoms with Gasteiger partial charge >= 0.3 is 6.03 Å². The van der Waals surface area contributed by atoms with E-state index >= 15 is 0 Å². The second-order valence-electron chi connectivity index (χ2n) is 6.51. The molecule has 0 bridgehead atoms. The average molecular weight is 327 g/mol. The van der Waals surface area contributed by atoms with Gasteiger partial charge in [0.15, 0.2) is 15.9 Å². The molecule has 1 N–H and O–H groups in total. The average Bonchev–Trinajstić information content (AvgIpc) is 2.19. The van der Waals surface area contributed by atoms with Gasteiger partial charge in [0, 0.05) is 25.2 Å². The lowest BCUT2D eigenvalue weighted by Crippen LogP contribution is -2.56. The number of rotatable bonds is 1. The van der Waals surface area contributed by atoms with Crippen molar-refractivity contribution in [1.29, 1.82) is 0 Å². The topological polar surface area (TPSA) is 38.8 Å². The smallest absolute Gasteiger partial charge is 0.322 e. The summed E-state index contributed by atoms with van der Waals surface area (Å²) in [5.41, 5.74) is -0.105. The molecule has 0 aromatic carbocycles. The van der Waals surface area contributed by atoms with Crippen LogP contribution in [0.1, 0.15) is 41.5 Å². The highest BCUT2D eigenvalue weighted by atomic mass is 35.7. The Kier molecular flexibility index (Phi) is 5.14. The first-order valence-corrected chi connectivity index (χ1v) is 9.59. The molecule has 19 heavy (non-hydrogen) atoms. The van der Waals surface area contributed by atoms with Gasteiger partial charge in [-0.3, -0.25) is 4.67 Å². The van der Waals surface area contributed by atoms with Gasteiger partial charge in [0.2, 0.25) is 0 Å². The van der Waals surface area contributed by atoms with Gasteiger partial charge in [-0.2, -0.15) is 8.88 Å². The monoisotopic (exact) mass is 326 g/mol. The van der Waals surface area contributed by atoms with Crippen molar-refractivity contribution < 1.29 is 4.79 Å². The van der Waals surface area contributed by atoms with Crippen molar-refractivity contribution in [2.75, 3.05) is 14.1 Å². The largest absolute Gasteiger partial charge is 0.341 e. The van der Waals surface area contributed by atoms with Gasteiger partial charge in [0.1, 0.15) is 0 Å². The summed E-state index contributed by atoms with van der Waals surface area (Å²) in [7, 11) is 1.75. The second kappa shape index (κ2) is 5.61. The summed E-state index contributed by atoms with van der Waals surface area (Å²) in [5, 5.41) is 2.69. The van der Waals surface area contributed by atoms with Crippen LogP contribution in [0.3, 0.4) is 0 Å². The van der Waals surface area contributed by atoms with Gasteiger partial charge in [-0.05, 0) is 41.5 Å². The Bertz CT molecular complexity index is 334. The standard InChI is InChI=1S/C11H25ClN4OP2/c1-10(2,3)15-18(12)16(11(4,5)6)19(15)14(8)9(17)13-7/h1-8H3,(H,13,17). The molecule has 1 fully saturated rings. The number of hydrogen-bond acceptors (Lipinski definition) is 3. The summed E-state index contributed by atoms with van der Waals surface area (Å²) in [6.07, 6.45) is 0. The fraction of sp³-hybridized carbons (Fsp3) is 0.909. The van der Waals surface area contributed by atoms with Crippen LogP contribution in [0.15, 0.2) is 0 Å². The van der Waals surface area contributed by atoms with E-state index in [9.17, 15) is 4.79 Å². The van der Waals surface area contributed by atoms with Crippen LogP contribution >= 0.6 is 27.2 Å². The zero-order chi connectivity index (χ0) is 15.2. The number of nitrogens with zero attached hydrogens (tertiary/aromatic N) is 3. The lowest BCUT2D eigenvalue weighted by molar-refractivity contribution is 0.220. The van der Waals surface area contributed by atoms with Crippen molar-refractivity contribution in [2.24, 2.45) is 0 Å². The third kappa shape index (κ3) is 3.33. The summed E-state index contributed by atoms with van der Waals surface area (Å²) in [4.78, 5) is 11.9. The maximum Gasteiger partial charge on any atom is 0.322 e. The SMILES string of the molecule is CNC(=O)N(C)P1N(C(C)(C)C)P(Cl)N1C(C)(C)C. The number of carbonyl (C=O) groups is 1.